The summed E-state index contributed by atoms with van der Waals surface area (Å²) in [5.74, 6) is -0.210. The summed E-state index contributed by atoms with van der Waals surface area (Å²) in [6.45, 7) is 1.73. The molecule has 0 heterocycles. The van der Waals surface area contributed by atoms with Gasteiger partial charge >= 0.3 is 0 Å². The van der Waals surface area contributed by atoms with Crippen molar-refractivity contribution < 1.29 is 18.3 Å². The summed E-state index contributed by atoms with van der Waals surface area (Å²) in [5.41, 5.74) is 0. The number of rotatable bonds is 7. The van der Waals surface area contributed by atoms with Crippen molar-refractivity contribution in [2.75, 3.05) is 18.6 Å². The standard InChI is InChI=1S/C9H19NO4S/c1-8(7-15(2,13)14)10-9(12)5-3-4-6-11/h8,11H,3-7H2,1-2H3,(H,10,12). The number of unbranched alkanes of at least 4 members (excludes halogenated alkanes) is 1. The van der Waals surface area contributed by atoms with Gasteiger partial charge < -0.3 is 10.4 Å². The second kappa shape index (κ2) is 6.79. The highest BCUT2D eigenvalue weighted by Crippen LogP contribution is 1.96. The highest BCUT2D eigenvalue weighted by Gasteiger charge is 2.12. The first-order valence-corrected chi connectivity index (χ1v) is 6.99. The van der Waals surface area contributed by atoms with Gasteiger partial charge in [0, 0.05) is 25.3 Å². The van der Waals surface area contributed by atoms with Crippen molar-refractivity contribution in [3.05, 3.63) is 0 Å². The summed E-state index contributed by atoms with van der Waals surface area (Å²) in [4.78, 5) is 11.2. The third-order valence-electron chi connectivity index (χ3n) is 1.77. The van der Waals surface area contributed by atoms with Crippen LogP contribution in [-0.4, -0.2) is 44.1 Å². The Hall–Kier alpha value is -0.620. The molecule has 0 aliphatic carbocycles. The van der Waals surface area contributed by atoms with Crippen molar-refractivity contribution >= 4 is 15.7 Å². The summed E-state index contributed by atoms with van der Waals surface area (Å²) in [6.07, 6.45) is 2.68. The fourth-order valence-corrected chi connectivity index (χ4v) is 2.23. The molecule has 90 valence electrons. The average molecular weight is 237 g/mol. The highest BCUT2D eigenvalue weighted by atomic mass is 32.2. The van der Waals surface area contributed by atoms with Gasteiger partial charge in [-0.3, -0.25) is 4.79 Å². The lowest BCUT2D eigenvalue weighted by Crippen LogP contribution is -2.37. The Balaban J connectivity index is 3.77. The Bertz CT molecular complexity index is 286. The second-order valence-electron chi connectivity index (χ2n) is 3.74. The molecule has 0 fully saturated rings. The zero-order valence-electron chi connectivity index (χ0n) is 9.19. The summed E-state index contributed by atoms with van der Waals surface area (Å²) in [6, 6.07) is -0.360. The fraction of sp³-hybridized carbons (Fsp3) is 0.889. The van der Waals surface area contributed by atoms with Gasteiger partial charge in [0.25, 0.3) is 0 Å². The lowest BCUT2D eigenvalue weighted by molar-refractivity contribution is -0.121. The number of nitrogens with one attached hydrogen (secondary N) is 1. The van der Waals surface area contributed by atoms with Gasteiger partial charge in [-0.25, -0.2) is 8.42 Å². The molecule has 0 radical (unpaired) electrons. The predicted molar refractivity (Wildman–Crippen MR) is 58.3 cm³/mol. The van der Waals surface area contributed by atoms with Gasteiger partial charge in [-0.2, -0.15) is 0 Å². The largest absolute Gasteiger partial charge is 0.396 e. The van der Waals surface area contributed by atoms with Gasteiger partial charge in [-0.1, -0.05) is 0 Å². The van der Waals surface area contributed by atoms with Gasteiger partial charge in [0.1, 0.15) is 9.84 Å². The van der Waals surface area contributed by atoms with Crippen molar-refractivity contribution in [1.82, 2.24) is 5.32 Å². The van der Waals surface area contributed by atoms with E-state index in [0.29, 0.717) is 19.3 Å². The monoisotopic (exact) mass is 237 g/mol. The van der Waals surface area contributed by atoms with Crippen molar-refractivity contribution in [3.63, 3.8) is 0 Å². The Morgan fingerprint density at radius 3 is 2.47 bits per heavy atom. The van der Waals surface area contributed by atoms with Crippen LogP contribution in [0.5, 0.6) is 0 Å². The Kier molecular flexibility index (Phi) is 6.51. The van der Waals surface area contributed by atoms with E-state index in [1.165, 1.54) is 0 Å². The molecule has 5 nitrogen and oxygen atoms in total. The quantitative estimate of drug-likeness (QED) is 0.595. The third-order valence-corrected chi connectivity index (χ3v) is 2.88. The molecule has 6 heteroatoms. The molecule has 1 atom stereocenters. The second-order valence-corrected chi connectivity index (χ2v) is 5.93. The molecular formula is C9H19NO4S. The fourth-order valence-electron chi connectivity index (χ4n) is 1.24. The van der Waals surface area contributed by atoms with Crippen LogP contribution in [0, 0.1) is 0 Å². The zero-order chi connectivity index (χ0) is 11.9. The molecule has 0 bridgehead atoms. The highest BCUT2D eigenvalue weighted by molar-refractivity contribution is 7.90. The number of sulfone groups is 1. The molecule has 0 aromatic rings. The normalized spacial score (nSPS) is 13.5. The van der Waals surface area contributed by atoms with Crippen LogP contribution < -0.4 is 5.32 Å². The van der Waals surface area contributed by atoms with Crippen molar-refractivity contribution in [2.24, 2.45) is 0 Å². The number of hydrogen-bond acceptors (Lipinski definition) is 4. The van der Waals surface area contributed by atoms with Crippen LogP contribution in [0.15, 0.2) is 0 Å². The van der Waals surface area contributed by atoms with Crippen LogP contribution >= 0.6 is 0 Å². The van der Waals surface area contributed by atoms with Crippen LogP contribution in [0.25, 0.3) is 0 Å². The topological polar surface area (TPSA) is 83.5 Å². The van der Waals surface area contributed by atoms with E-state index in [2.05, 4.69) is 5.32 Å². The molecule has 0 spiro atoms. The summed E-state index contributed by atoms with van der Waals surface area (Å²) < 4.78 is 21.8. The third kappa shape index (κ3) is 9.68. The molecule has 15 heavy (non-hydrogen) atoms. The van der Waals surface area contributed by atoms with E-state index in [1.54, 1.807) is 6.92 Å². The van der Waals surface area contributed by atoms with E-state index in [4.69, 9.17) is 5.11 Å². The molecule has 0 aliphatic rings. The number of hydrogen-bond donors (Lipinski definition) is 2. The van der Waals surface area contributed by atoms with Gasteiger partial charge in [-0.05, 0) is 19.8 Å². The van der Waals surface area contributed by atoms with E-state index in [9.17, 15) is 13.2 Å². The van der Waals surface area contributed by atoms with Crippen molar-refractivity contribution in [2.45, 2.75) is 32.2 Å². The molecule has 0 saturated heterocycles. The number of aliphatic hydroxyl groups is 1. The molecule has 0 aromatic carbocycles. The van der Waals surface area contributed by atoms with E-state index in [1.807, 2.05) is 0 Å². The van der Waals surface area contributed by atoms with E-state index >= 15 is 0 Å². The van der Waals surface area contributed by atoms with Crippen LogP contribution in [-0.2, 0) is 14.6 Å². The first kappa shape index (κ1) is 14.4. The minimum absolute atomic E-state index is 0.0429. The lowest BCUT2D eigenvalue weighted by Gasteiger charge is -2.12. The van der Waals surface area contributed by atoms with Crippen molar-refractivity contribution in [3.8, 4) is 0 Å². The molecule has 1 amide bonds. The number of carbonyl (C=O) groups is 1. The molecule has 2 N–H and O–H groups in total. The molecule has 0 aliphatic heterocycles. The molecule has 0 saturated carbocycles. The van der Waals surface area contributed by atoms with Crippen LogP contribution in [0.3, 0.4) is 0 Å². The number of aliphatic hydroxyl groups excluding tert-OH is 1. The Morgan fingerprint density at radius 2 is 2.00 bits per heavy atom. The Labute approximate surface area is 90.8 Å². The summed E-state index contributed by atoms with van der Waals surface area (Å²) in [7, 11) is -3.05. The molecule has 1 unspecified atom stereocenters. The molecular weight excluding hydrogens is 218 g/mol. The van der Waals surface area contributed by atoms with Crippen LogP contribution in [0.4, 0.5) is 0 Å². The maximum atomic E-state index is 11.2. The Morgan fingerprint density at radius 1 is 1.40 bits per heavy atom. The SMILES string of the molecule is CC(CS(C)(=O)=O)NC(=O)CCCCO. The first-order chi connectivity index (χ1) is 6.85. The van der Waals surface area contributed by atoms with Crippen LogP contribution in [0.2, 0.25) is 0 Å². The van der Waals surface area contributed by atoms with Gasteiger partial charge in [0.05, 0.1) is 5.75 Å². The van der Waals surface area contributed by atoms with E-state index in [-0.39, 0.29) is 24.3 Å². The molecule has 0 rings (SSSR count). The van der Waals surface area contributed by atoms with Gasteiger partial charge in [0.15, 0.2) is 0 Å². The minimum atomic E-state index is -3.05. The number of amides is 1. The summed E-state index contributed by atoms with van der Waals surface area (Å²) >= 11 is 0. The first-order valence-electron chi connectivity index (χ1n) is 4.93. The zero-order valence-corrected chi connectivity index (χ0v) is 10.0. The predicted octanol–water partition coefficient (Wildman–Crippen LogP) is -0.302. The molecule has 0 aromatic heterocycles. The van der Waals surface area contributed by atoms with Crippen LogP contribution in [0.1, 0.15) is 26.2 Å². The van der Waals surface area contributed by atoms with E-state index < -0.39 is 9.84 Å². The number of carbonyl (C=O) groups excluding carboxylic acids is 1. The van der Waals surface area contributed by atoms with E-state index in [0.717, 1.165) is 6.26 Å². The lowest BCUT2D eigenvalue weighted by atomic mass is 10.2. The summed E-state index contributed by atoms with van der Waals surface area (Å²) in [5, 5.41) is 11.1. The average Bonchev–Trinajstić information content (AvgIpc) is 2.00. The van der Waals surface area contributed by atoms with Gasteiger partial charge in [0.2, 0.25) is 5.91 Å². The van der Waals surface area contributed by atoms with Crippen molar-refractivity contribution in [1.29, 1.82) is 0 Å². The maximum absolute atomic E-state index is 11.2. The van der Waals surface area contributed by atoms with Gasteiger partial charge in [-0.15, -0.1) is 0 Å². The maximum Gasteiger partial charge on any atom is 0.220 e. The smallest absolute Gasteiger partial charge is 0.220 e. The minimum Gasteiger partial charge on any atom is -0.396 e.